The molecule has 1 aromatic carbocycles. The van der Waals surface area contributed by atoms with Gasteiger partial charge in [0, 0.05) is 6.54 Å². The van der Waals surface area contributed by atoms with E-state index in [0.29, 0.717) is 12.1 Å². The van der Waals surface area contributed by atoms with Crippen LogP contribution >= 0.6 is 0 Å². The molecule has 0 heterocycles. The Morgan fingerprint density at radius 1 is 1.27 bits per heavy atom. The summed E-state index contributed by atoms with van der Waals surface area (Å²) in [6.45, 7) is 4.15. The minimum atomic E-state index is -5.02. The van der Waals surface area contributed by atoms with Crippen molar-refractivity contribution in [3.63, 3.8) is 0 Å². The fourth-order valence-corrected chi connectivity index (χ4v) is 2.83. The van der Waals surface area contributed by atoms with Gasteiger partial charge in [-0.2, -0.15) is 13.2 Å². The molecule has 126 valence electrons. The van der Waals surface area contributed by atoms with Crippen LogP contribution in [0.2, 0.25) is 0 Å². The zero-order valence-corrected chi connectivity index (χ0v) is 13.0. The third kappa shape index (κ3) is 4.40. The lowest BCUT2D eigenvalue weighted by Crippen LogP contribution is -2.44. The summed E-state index contributed by atoms with van der Waals surface area (Å²) < 4.78 is 77.5. The molecule has 0 aliphatic heterocycles. The molecule has 0 saturated carbocycles. The van der Waals surface area contributed by atoms with Crippen LogP contribution in [-0.4, -0.2) is 25.7 Å². The molecule has 0 spiro atoms. The molecule has 1 atom stereocenters. The maximum atomic E-state index is 13.0. The first-order chi connectivity index (χ1) is 9.77. The van der Waals surface area contributed by atoms with Gasteiger partial charge in [-0.15, -0.1) is 0 Å². The van der Waals surface area contributed by atoms with E-state index in [0.717, 1.165) is 0 Å². The Bertz CT molecular complexity index is 639. The maximum Gasteiger partial charge on any atom is 0.417 e. The molecule has 0 amide bonds. The summed E-state index contributed by atoms with van der Waals surface area (Å²) in [7, 11) is -4.55. The van der Waals surface area contributed by atoms with Crippen molar-refractivity contribution in [2.45, 2.75) is 37.4 Å². The summed E-state index contributed by atoms with van der Waals surface area (Å²) in [6.07, 6.45) is -5.02. The van der Waals surface area contributed by atoms with Crippen LogP contribution < -0.4 is 4.72 Å². The monoisotopic (exact) mass is 343 g/mol. The van der Waals surface area contributed by atoms with E-state index in [1.54, 1.807) is 13.8 Å². The van der Waals surface area contributed by atoms with Gasteiger partial charge in [0.05, 0.1) is 16.1 Å². The number of hydrogen-bond acceptors (Lipinski definition) is 3. The van der Waals surface area contributed by atoms with E-state index in [9.17, 15) is 31.1 Å². The van der Waals surface area contributed by atoms with E-state index in [1.807, 2.05) is 4.72 Å². The highest BCUT2D eigenvalue weighted by Crippen LogP contribution is 2.34. The number of rotatable bonds is 5. The van der Waals surface area contributed by atoms with Gasteiger partial charge in [0.2, 0.25) is 10.0 Å². The van der Waals surface area contributed by atoms with Crippen LogP contribution in [0.25, 0.3) is 0 Å². The lowest BCUT2D eigenvalue weighted by molar-refractivity contribution is -0.140. The lowest BCUT2D eigenvalue weighted by atomic mass is 9.93. The van der Waals surface area contributed by atoms with Gasteiger partial charge in [-0.3, -0.25) is 0 Å². The first-order valence-electron chi connectivity index (χ1n) is 6.36. The predicted molar refractivity (Wildman–Crippen MR) is 72.1 cm³/mol. The Morgan fingerprint density at radius 2 is 1.82 bits per heavy atom. The van der Waals surface area contributed by atoms with E-state index < -0.39 is 44.6 Å². The van der Waals surface area contributed by atoms with Gasteiger partial charge >= 0.3 is 6.18 Å². The smallest absolute Gasteiger partial charge is 0.389 e. The molecule has 1 unspecified atom stereocenters. The highest BCUT2D eigenvalue weighted by Gasteiger charge is 2.38. The average Bonchev–Trinajstić information content (AvgIpc) is 2.35. The van der Waals surface area contributed by atoms with E-state index >= 15 is 0 Å². The van der Waals surface area contributed by atoms with Crippen molar-refractivity contribution in [3.8, 4) is 0 Å². The van der Waals surface area contributed by atoms with Crippen molar-refractivity contribution < 1.29 is 31.1 Å². The third-order valence-corrected chi connectivity index (χ3v) is 4.86. The maximum absolute atomic E-state index is 13.0. The van der Waals surface area contributed by atoms with Crippen molar-refractivity contribution in [1.82, 2.24) is 4.72 Å². The standard InChI is InChI=1S/C13H17F4NO3S/c1-8(2)12(3,19)7-18-22(20,21)11-5-4-9(14)6-10(11)13(15,16)17/h4-6,8,18-19H,7H2,1-3H3. The number of benzene rings is 1. The van der Waals surface area contributed by atoms with Crippen molar-refractivity contribution in [1.29, 1.82) is 0 Å². The van der Waals surface area contributed by atoms with Crippen LogP contribution in [0.3, 0.4) is 0 Å². The van der Waals surface area contributed by atoms with Gasteiger partial charge < -0.3 is 5.11 Å². The summed E-state index contributed by atoms with van der Waals surface area (Å²) in [5.41, 5.74) is -3.03. The average molecular weight is 343 g/mol. The molecule has 0 radical (unpaired) electrons. The highest BCUT2D eigenvalue weighted by molar-refractivity contribution is 7.89. The number of aliphatic hydroxyl groups is 1. The van der Waals surface area contributed by atoms with Crippen LogP contribution in [-0.2, 0) is 16.2 Å². The molecular weight excluding hydrogens is 326 g/mol. The van der Waals surface area contributed by atoms with Gasteiger partial charge in [0.25, 0.3) is 0 Å². The summed E-state index contributed by atoms with van der Waals surface area (Å²) >= 11 is 0. The van der Waals surface area contributed by atoms with Crippen molar-refractivity contribution in [2.24, 2.45) is 5.92 Å². The topological polar surface area (TPSA) is 66.4 Å². The molecule has 0 aliphatic carbocycles. The minimum Gasteiger partial charge on any atom is -0.389 e. The first-order valence-corrected chi connectivity index (χ1v) is 7.84. The Kier molecular flexibility index (Phi) is 5.26. The highest BCUT2D eigenvalue weighted by atomic mass is 32.2. The fraction of sp³-hybridized carbons (Fsp3) is 0.538. The molecule has 4 nitrogen and oxygen atoms in total. The summed E-state index contributed by atoms with van der Waals surface area (Å²) in [5, 5.41) is 9.97. The van der Waals surface area contributed by atoms with Crippen molar-refractivity contribution in [2.75, 3.05) is 6.54 Å². The Morgan fingerprint density at radius 3 is 2.27 bits per heavy atom. The molecule has 2 N–H and O–H groups in total. The number of hydrogen-bond donors (Lipinski definition) is 2. The predicted octanol–water partition coefficient (Wildman–Crippen LogP) is 2.53. The van der Waals surface area contributed by atoms with Crippen LogP contribution in [0, 0.1) is 11.7 Å². The number of alkyl halides is 3. The Balaban J connectivity index is 3.20. The Hall–Kier alpha value is -1.19. The molecule has 0 aliphatic rings. The summed E-state index contributed by atoms with van der Waals surface area (Å²) in [6, 6.07) is 1.30. The van der Waals surface area contributed by atoms with Gasteiger partial charge in [0.15, 0.2) is 0 Å². The largest absolute Gasteiger partial charge is 0.417 e. The molecule has 1 rings (SSSR count). The van der Waals surface area contributed by atoms with Crippen LogP contribution in [0.4, 0.5) is 17.6 Å². The molecular formula is C13H17F4NO3S. The summed E-state index contributed by atoms with van der Waals surface area (Å²) in [4.78, 5) is -1.08. The molecule has 0 bridgehead atoms. The Labute approximate surface area is 126 Å². The van der Waals surface area contributed by atoms with E-state index in [2.05, 4.69) is 0 Å². The van der Waals surface area contributed by atoms with Crippen LogP contribution in [0.1, 0.15) is 26.3 Å². The normalized spacial score (nSPS) is 15.9. The van der Waals surface area contributed by atoms with E-state index in [4.69, 9.17) is 0 Å². The molecule has 0 aromatic heterocycles. The zero-order chi connectivity index (χ0) is 17.3. The first kappa shape index (κ1) is 18.9. The van der Waals surface area contributed by atoms with Gasteiger partial charge in [-0.1, -0.05) is 13.8 Å². The SMILES string of the molecule is CC(C)C(C)(O)CNS(=O)(=O)c1ccc(F)cc1C(F)(F)F. The minimum absolute atomic E-state index is 0.120. The molecule has 9 heteroatoms. The van der Waals surface area contributed by atoms with Crippen molar-refractivity contribution >= 4 is 10.0 Å². The molecule has 0 fully saturated rings. The molecule has 0 saturated heterocycles. The second-order valence-electron chi connectivity index (χ2n) is 5.47. The zero-order valence-electron chi connectivity index (χ0n) is 12.2. The third-order valence-electron chi connectivity index (χ3n) is 3.40. The van der Waals surface area contributed by atoms with E-state index in [1.165, 1.54) is 6.92 Å². The van der Waals surface area contributed by atoms with E-state index in [-0.39, 0.29) is 12.0 Å². The number of halogens is 4. The van der Waals surface area contributed by atoms with Gasteiger partial charge in [-0.05, 0) is 31.0 Å². The number of nitrogens with one attached hydrogen (secondary N) is 1. The van der Waals surface area contributed by atoms with Gasteiger partial charge in [-0.25, -0.2) is 17.5 Å². The summed E-state index contributed by atoms with van der Waals surface area (Å²) in [5.74, 6) is -1.52. The van der Waals surface area contributed by atoms with Gasteiger partial charge in [0.1, 0.15) is 5.82 Å². The number of sulfonamides is 1. The molecule has 22 heavy (non-hydrogen) atoms. The van der Waals surface area contributed by atoms with Crippen molar-refractivity contribution in [3.05, 3.63) is 29.6 Å². The fourth-order valence-electron chi connectivity index (χ4n) is 1.48. The second kappa shape index (κ2) is 6.13. The lowest BCUT2D eigenvalue weighted by Gasteiger charge is -2.28. The quantitative estimate of drug-likeness (QED) is 0.808. The van der Waals surface area contributed by atoms with Crippen LogP contribution in [0.15, 0.2) is 23.1 Å². The molecule has 1 aromatic rings. The van der Waals surface area contributed by atoms with Crippen LogP contribution in [0.5, 0.6) is 0 Å². The second-order valence-corrected chi connectivity index (χ2v) is 7.21.